The van der Waals surface area contributed by atoms with Crippen molar-refractivity contribution in [1.82, 2.24) is 10.3 Å². The van der Waals surface area contributed by atoms with E-state index < -0.39 is 10.8 Å². The van der Waals surface area contributed by atoms with Crippen LogP contribution >= 0.6 is 0 Å². The van der Waals surface area contributed by atoms with Crippen molar-refractivity contribution in [2.45, 2.75) is 50.8 Å². The molecule has 0 radical (unpaired) electrons. The molecule has 1 fully saturated rings. The Morgan fingerprint density at radius 1 is 1.26 bits per heavy atom. The molecule has 1 N–H and O–H groups in total. The molecule has 1 heterocycles. The largest absolute Gasteiger partial charge is 0.497 e. The second-order valence-electron chi connectivity index (χ2n) is 6.88. The molecule has 0 unspecified atom stereocenters. The van der Waals surface area contributed by atoms with E-state index in [1.54, 1.807) is 14.0 Å². The molecule has 0 spiro atoms. The summed E-state index contributed by atoms with van der Waals surface area (Å²) in [6.45, 7) is 1.80. The van der Waals surface area contributed by atoms with Crippen molar-refractivity contribution in [1.29, 1.82) is 0 Å². The van der Waals surface area contributed by atoms with Gasteiger partial charge in [0.1, 0.15) is 17.3 Å². The normalized spacial score (nSPS) is 16.1. The Labute approximate surface area is 162 Å². The molecule has 0 saturated heterocycles. The van der Waals surface area contributed by atoms with E-state index in [2.05, 4.69) is 10.3 Å². The molecule has 7 heteroatoms. The van der Waals surface area contributed by atoms with Gasteiger partial charge in [0, 0.05) is 22.4 Å². The maximum Gasteiger partial charge on any atom is 0.232 e. The summed E-state index contributed by atoms with van der Waals surface area (Å²) < 4.78 is 23.3. The van der Waals surface area contributed by atoms with Crippen molar-refractivity contribution in [3.63, 3.8) is 0 Å². The SMILES string of the molecule is COc1ccc(-c2nc(C[S@](=O)CC(=O)NC3CCCCC3)c(C)o2)cc1. The van der Waals surface area contributed by atoms with Crippen molar-refractivity contribution in [3.05, 3.63) is 35.7 Å². The highest BCUT2D eigenvalue weighted by molar-refractivity contribution is 7.84. The molecule has 1 aliphatic rings. The zero-order valence-electron chi connectivity index (χ0n) is 15.8. The number of amides is 1. The van der Waals surface area contributed by atoms with Crippen molar-refractivity contribution in [3.8, 4) is 17.2 Å². The minimum Gasteiger partial charge on any atom is -0.497 e. The van der Waals surface area contributed by atoms with Crippen LogP contribution < -0.4 is 10.1 Å². The quantitative estimate of drug-likeness (QED) is 0.784. The predicted octanol–water partition coefficient (Wildman–Crippen LogP) is 3.36. The maximum atomic E-state index is 12.4. The van der Waals surface area contributed by atoms with Crippen LogP contribution in [-0.2, 0) is 21.3 Å². The number of oxazole rings is 1. The van der Waals surface area contributed by atoms with Crippen molar-refractivity contribution < 1.29 is 18.2 Å². The number of nitrogens with one attached hydrogen (secondary N) is 1. The third-order valence-electron chi connectivity index (χ3n) is 4.79. The van der Waals surface area contributed by atoms with Gasteiger partial charge >= 0.3 is 0 Å². The first-order valence-corrected chi connectivity index (χ1v) is 10.8. The molecular weight excluding hydrogens is 364 g/mol. The molecule has 1 aliphatic carbocycles. The summed E-state index contributed by atoms with van der Waals surface area (Å²) in [4.78, 5) is 16.6. The van der Waals surface area contributed by atoms with E-state index in [9.17, 15) is 9.00 Å². The third kappa shape index (κ3) is 5.42. The number of nitrogens with zero attached hydrogens (tertiary/aromatic N) is 1. The number of carbonyl (C=O) groups excluding carboxylic acids is 1. The smallest absolute Gasteiger partial charge is 0.232 e. The minimum atomic E-state index is -1.32. The van der Waals surface area contributed by atoms with Gasteiger partial charge in [0.2, 0.25) is 11.8 Å². The van der Waals surface area contributed by atoms with Gasteiger partial charge in [-0.2, -0.15) is 0 Å². The van der Waals surface area contributed by atoms with Crippen LogP contribution in [0.2, 0.25) is 0 Å². The van der Waals surface area contributed by atoms with Crippen molar-refractivity contribution >= 4 is 16.7 Å². The summed E-state index contributed by atoms with van der Waals surface area (Å²) in [6.07, 6.45) is 5.58. The van der Waals surface area contributed by atoms with Crippen LogP contribution in [0.25, 0.3) is 11.5 Å². The average Bonchev–Trinajstić information content (AvgIpc) is 3.02. The fraction of sp³-hybridized carbons (Fsp3) is 0.500. The third-order valence-corrected chi connectivity index (χ3v) is 5.97. The molecule has 146 valence electrons. The summed E-state index contributed by atoms with van der Waals surface area (Å²) in [7, 11) is 0.295. The standard InChI is InChI=1S/C20H26N2O4S/c1-14-18(22-20(26-14)15-8-10-17(25-2)11-9-15)12-27(24)13-19(23)21-16-6-4-3-5-7-16/h8-11,16H,3-7,12-13H2,1-2H3,(H,21,23)/t27-/m0/s1. The average molecular weight is 391 g/mol. The molecule has 0 bridgehead atoms. The summed E-state index contributed by atoms with van der Waals surface area (Å²) in [5.41, 5.74) is 1.45. The van der Waals surface area contributed by atoms with Crippen LogP contribution in [0.4, 0.5) is 0 Å². The lowest BCUT2D eigenvalue weighted by Crippen LogP contribution is -2.38. The molecule has 1 amide bonds. The van der Waals surface area contributed by atoms with Gasteiger partial charge in [-0.1, -0.05) is 19.3 Å². The lowest BCUT2D eigenvalue weighted by atomic mass is 9.95. The summed E-state index contributed by atoms with van der Waals surface area (Å²) in [5.74, 6) is 1.93. The highest BCUT2D eigenvalue weighted by Gasteiger charge is 2.19. The number of benzene rings is 1. The lowest BCUT2D eigenvalue weighted by Gasteiger charge is -2.22. The van der Waals surface area contributed by atoms with Crippen molar-refractivity contribution in [2.24, 2.45) is 0 Å². The highest BCUT2D eigenvalue weighted by atomic mass is 32.2. The zero-order chi connectivity index (χ0) is 19.2. The van der Waals surface area contributed by atoms with Gasteiger partial charge in [0.25, 0.3) is 0 Å². The topological polar surface area (TPSA) is 81.4 Å². The monoisotopic (exact) mass is 390 g/mol. The Kier molecular flexibility index (Phi) is 6.66. The molecule has 1 atom stereocenters. The Bertz CT molecular complexity index is 795. The van der Waals surface area contributed by atoms with Crippen LogP contribution in [0.3, 0.4) is 0 Å². The Morgan fingerprint density at radius 3 is 2.63 bits per heavy atom. The van der Waals surface area contributed by atoms with Gasteiger partial charge in [-0.25, -0.2) is 4.98 Å². The summed E-state index contributed by atoms with van der Waals surface area (Å²) >= 11 is 0. The predicted molar refractivity (Wildman–Crippen MR) is 105 cm³/mol. The van der Waals surface area contributed by atoms with E-state index in [1.807, 2.05) is 24.3 Å². The van der Waals surface area contributed by atoms with E-state index in [4.69, 9.17) is 9.15 Å². The van der Waals surface area contributed by atoms with E-state index in [1.165, 1.54) is 6.42 Å². The van der Waals surface area contributed by atoms with E-state index >= 15 is 0 Å². The molecule has 2 aromatic rings. The number of aromatic nitrogens is 1. The molecule has 1 aromatic heterocycles. The molecule has 0 aliphatic heterocycles. The first-order chi connectivity index (χ1) is 13.0. The number of hydrogen-bond acceptors (Lipinski definition) is 5. The fourth-order valence-corrected chi connectivity index (χ4v) is 4.34. The van der Waals surface area contributed by atoms with Gasteiger partial charge in [-0.15, -0.1) is 0 Å². The summed E-state index contributed by atoms with van der Waals surface area (Å²) in [5, 5.41) is 3.00. The van der Waals surface area contributed by atoms with Gasteiger partial charge in [0.15, 0.2) is 0 Å². The Hall–Kier alpha value is -2.15. The van der Waals surface area contributed by atoms with E-state index in [0.717, 1.165) is 37.0 Å². The first kappa shape index (κ1) is 19.6. The molecular formula is C20H26N2O4S. The van der Waals surface area contributed by atoms with Crippen LogP contribution in [0.15, 0.2) is 28.7 Å². The van der Waals surface area contributed by atoms with Crippen LogP contribution in [0, 0.1) is 6.92 Å². The summed E-state index contributed by atoms with van der Waals surface area (Å²) in [6, 6.07) is 7.63. The number of aryl methyl sites for hydroxylation is 1. The number of ether oxygens (including phenoxy) is 1. The molecule has 1 aromatic carbocycles. The Balaban J connectivity index is 1.57. The van der Waals surface area contributed by atoms with Crippen LogP contribution in [0.5, 0.6) is 5.75 Å². The molecule has 3 rings (SSSR count). The maximum absolute atomic E-state index is 12.4. The van der Waals surface area contributed by atoms with Gasteiger partial charge in [-0.3, -0.25) is 9.00 Å². The first-order valence-electron chi connectivity index (χ1n) is 9.30. The Morgan fingerprint density at radius 2 is 1.96 bits per heavy atom. The number of hydrogen-bond donors (Lipinski definition) is 1. The van der Waals surface area contributed by atoms with Crippen LogP contribution in [0.1, 0.15) is 43.6 Å². The van der Waals surface area contributed by atoms with Crippen molar-refractivity contribution in [2.75, 3.05) is 12.9 Å². The number of carbonyl (C=O) groups is 1. The van der Waals surface area contributed by atoms with E-state index in [0.29, 0.717) is 17.3 Å². The molecule has 27 heavy (non-hydrogen) atoms. The number of methoxy groups -OCH3 is 1. The van der Waals surface area contributed by atoms with Gasteiger partial charge in [-0.05, 0) is 44.0 Å². The fourth-order valence-electron chi connectivity index (χ4n) is 3.29. The number of rotatable bonds is 7. The minimum absolute atomic E-state index is 0.000664. The zero-order valence-corrected chi connectivity index (χ0v) is 16.6. The van der Waals surface area contributed by atoms with Gasteiger partial charge < -0.3 is 14.5 Å². The second kappa shape index (κ2) is 9.17. The van der Waals surface area contributed by atoms with Gasteiger partial charge in [0.05, 0.1) is 18.6 Å². The molecule has 1 saturated carbocycles. The molecule has 6 nitrogen and oxygen atoms in total. The lowest BCUT2D eigenvalue weighted by molar-refractivity contribution is -0.119. The van der Waals surface area contributed by atoms with Crippen LogP contribution in [-0.4, -0.2) is 34.0 Å². The second-order valence-corrected chi connectivity index (χ2v) is 8.34. The van der Waals surface area contributed by atoms with E-state index in [-0.39, 0.29) is 23.5 Å². The highest BCUT2D eigenvalue weighted by Crippen LogP contribution is 2.24.